The van der Waals surface area contributed by atoms with Crippen LogP contribution in [-0.4, -0.2) is 10.7 Å². The summed E-state index contributed by atoms with van der Waals surface area (Å²) in [6, 6.07) is 10.8. The number of fused-ring (bicyclic) bond motifs is 1. The maximum Gasteiger partial charge on any atom is 0.111 e. The molecular weight excluding hydrogens is 258 g/mol. The lowest BCUT2D eigenvalue weighted by Crippen LogP contribution is -2.55. The first-order valence-electron chi connectivity index (χ1n) is 8.34. The van der Waals surface area contributed by atoms with Crippen molar-refractivity contribution in [3.05, 3.63) is 35.4 Å². The summed E-state index contributed by atoms with van der Waals surface area (Å²) in [5.74, 6) is 0.247. The first kappa shape index (κ1) is 14.6. The fourth-order valence-electron chi connectivity index (χ4n) is 4.60. The van der Waals surface area contributed by atoms with E-state index in [4.69, 9.17) is 0 Å². The number of nitrogens with zero attached hydrogens (tertiary/aromatic N) is 1. The molecule has 0 saturated heterocycles. The highest BCUT2D eigenvalue weighted by molar-refractivity contribution is 5.45. The highest BCUT2D eigenvalue weighted by atomic mass is 16.3. The standard InChI is InChI=1S/C19H25NO/c1-18(21,16-10-3-2-4-11-16)19(14-20)13-7-9-15-8-5-6-12-17(15)19/h5-6,8,12,16,21H,2-4,7,9-11,13H2,1H3. The number of hydrogen-bond donors (Lipinski definition) is 1. The van der Waals surface area contributed by atoms with Gasteiger partial charge in [0.1, 0.15) is 5.41 Å². The molecule has 2 aliphatic rings. The van der Waals surface area contributed by atoms with Crippen LogP contribution in [0, 0.1) is 17.2 Å². The van der Waals surface area contributed by atoms with E-state index in [1.807, 2.05) is 19.1 Å². The van der Waals surface area contributed by atoms with E-state index in [2.05, 4.69) is 18.2 Å². The molecule has 1 fully saturated rings. The van der Waals surface area contributed by atoms with Crippen molar-refractivity contribution < 1.29 is 5.11 Å². The lowest BCUT2D eigenvalue weighted by atomic mass is 9.56. The number of nitriles is 1. The molecule has 0 radical (unpaired) electrons. The van der Waals surface area contributed by atoms with Crippen LogP contribution in [0.3, 0.4) is 0 Å². The van der Waals surface area contributed by atoms with Gasteiger partial charge in [0.2, 0.25) is 0 Å². The quantitative estimate of drug-likeness (QED) is 0.887. The minimum atomic E-state index is -0.932. The van der Waals surface area contributed by atoms with Crippen molar-refractivity contribution in [2.24, 2.45) is 5.92 Å². The molecular formula is C19H25NO. The highest BCUT2D eigenvalue weighted by Crippen LogP contribution is 2.50. The molecule has 2 heteroatoms. The molecule has 0 aliphatic heterocycles. The Morgan fingerprint density at radius 3 is 2.62 bits per heavy atom. The van der Waals surface area contributed by atoms with Crippen LogP contribution in [-0.2, 0) is 11.8 Å². The van der Waals surface area contributed by atoms with Crippen LogP contribution in [0.25, 0.3) is 0 Å². The molecule has 3 rings (SSSR count). The molecule has 112 valence electrons. The molecule has 1 saturated carbocycles. The van der Waals surface area contributed by atoms with Gasteiger partial charge in [-0.3, -0.25) is 0 Å². The zero-order valence-corrected chi connectivity index (χ0v) is 12.9. The van der Waals surface area contributed by atoms with E-state index in [-0.39, 0.29) is 5.92 Å². The summed E-state index contributed by atoms with van der Waals surface area (Å²) in [6.45, 7) is 1.92. The topological polar surface area (TPSA) is 44.0 Å². The highest BCUT2D eigenvalue weighted by Gasteiger charge is 2.54. The van der Waals surface area contributed by atoms with Crippen molar-refractivity contribution in [1.29, 1.82) is 5.26 Å². The molecule has 0 aromatic heterocycles. The molecule has 2 atom stereocenters. The minimum Gasteiger partial charge on any atom is -0.388 e. The van der Waals surface area contributed by atoms with E-state index in [1.165, 1.54) is 24.8 Å². The fraction of sp³-hybridized carbons (Fsp3) is 0.632. The van der Waals surface area contributed by atoms with E-state index in [0.29, 0.717) is 0 Å². The second-order valence-electron chi connectivity index (χ2n) is 7.01. The van der Waals surface area contributed by atoms with Gasteiger partial charge in [0.15, 0.2) is 0 Å². The number of aryl methyl sites for hydroxylation is 1. The monoisotopic (exact) mass is 283 g/mol. The van der Waals surface area contributed by atoms with Crippen molar-refractivity contribution in [2.75, 3.05) is 0 Å². The third-order valence-corrected chi connectivity index (χ3v) is 5.93. The molecule has 0 heterocycles. The molecule has 1 aromatic rings. The second kappa shape index (κ2) is 5.46. The predicted octanol–water partition coefficient (Wildman–Crippen LogP) is 4.12. The summed E-state index contributed by atoms with van der Waals surface area (Å²) in [5, 5.41) is 21.5. The fourth-order valence-corrected chi connectivity index (χ4v) is 4.60. The van der Waals surface area contributed by atoms with Gasteiger partial charge in [-0.25, -0.2) is 0 Å². The van der Waals surface area contributed by atoms with Crippen LogP contribution in [0.1, 0.15) is 63.0 Å². The number of rotatable bonds is 2. The summed E-state index contributed by atoms with van der Waals surface area (Å²) in [7, 11) is 0. The van der Waals surface area contributed by atoms with Crippen molar-refractivity contribution >= 4 is 0 Å². The van der Waals surface area contributed by atoms with Crippen molar-refractivity contribution in [2.45, 2.75) is 69.3 Å². The summed E-state index contributed by atoms with van der Waals surface area (Å²) in [4.78, 5) is 0. The molecule has 2 nitrogen and oxygen atoms in total. The summed E-state index contributed by atoms with van der Waals surface area (Å²) < 4.78 is 0. The average Bonchev–Trinajstić information content (AvgIpc) is 2.55. The van der Waals surface area contributed by atoms with Gasteiger partial charge in [0.25, 0.3) is 0 Å². The lowest BCUT2D eigenvalue weighted by Gasteiger charge is -2.49. The molecule has 2 unspecified atom stereocenters. The molecule has 1 aromatic carbocycles. The van der Waals surface area contributed by atoms with Gasteiger partial charge in [-0.1, -0.05) is 43.5 Å². The SMILES string of the molecule is CC(O)(C1CCCCC1)C1(C#N)CCCc2ccccc21. The minimum absolute atomic E-state index is 0.247. The van der Waals surface area contributed by atoms with Crippen molar-refractivity contribution in [1.82, 2.24) is 0 Å². The zero-order valence-electron chi connectivity index (χ0n) is 12.9. The Bertz CT molecular complexity index is 551. The second-order valence-corrected chi connectivity index (χ2v) is 7.01. The van der Waals surface area contributed by atoms with Gasteiger partial charge in [-0.05, 0) is 56.1 Å². The molecule has 1 N–H and O–H groups in total. The Morgan fingerprint density at radius 1 is 1.19 bits per heavy atom. The largest absolute Gasteiger partial charge is 0.388 e. The molecule has 0 spiro atoms. The molecule has 0 bridgehead atoms. The number of aliphatic hydroxyl groups is 1. The molecule has 2 aliphatic carbocycles. The average molecular weight is 283 g/mol. The van der Waals surface area contributed by atoms with E-state index in [1.54, 1.807) is 0 Å². The van der Waals surface area contributed by atoms with Gasteiger partial charge < -0.3 is 5.11 Å². The van der Waals surface area contributed by atoms with E-state index in [0.717, 1.165) is 37.7 Å². The zero-order chi connectivity index (χ0) is 14.9. The predicted molar refractivity (Wildman–Crippen MR) is 83.9 cm³/mol. The summed E-state index contributed by atoms with van der Waals surface area (Å²) >= 11 is 0. The molecule has 0 amide bonds. The Balaban J connectivity index is 2.07. The summed E-state index contributed by atoms with van der Waals surface area (Å²) in [6.07, 6.45) is 8.55. The van der Waals surface area contributed by atoms with Gasteiger partial charge >= 0.3 is 0 Å². The van der Waals surface area contributed by atoms with Gasteiger partial charge in [0, 0.05) is 0 Å². The van der Waals surface area contributed by atoms with Gasteiger partial charge in [-0.15, -0.1) is 0 Å². The first-order valence-corrected chi connectivity index (χ1v) is 8.34. The first-order chi connectivity index (χ1) is 10.1. The number of benzene rings is 1. The van der Waals surface area contributed by atoms with E-state index in [9.17, 15) is 10.4 Å². The molecule has 21 heavy (non-hydrogen) atoms. The van der Waals surface area contributed by atoms with Crippen LogP contribution in [0.2, 0.25) is 0 Å². The maximum atomic E-state index is 11.4. The van der Waals surface area contributed by atoms with Crippen LogP contribution in [0.4, 0.5) is 0 Å². The van der Waals surface area contributed by atoms with Crippen molar-refractivity contribution in [3.8, 4) is 6.07 Å². The van der Waals surface area contributed by atoms with Gasteiger partial charge in [0.05, 0.1) is 11.7 Å². The van der Waals surface area contributed by atoms with Crippen LogP contribution in [0.15, 0.2) is 24.3 Å². The Morgan fingerprint density at radius 2 is 1.90 bits per heavy atom. The normalized spacial score (nSPS) is 29.2. The number of hydrogen-bond acceptors (Lipinski definition) is 2. The van der Waals surface area contributed by atoms with Crippen molar-refractivity contribution in [3.63, 3.8) is 0 Å². The van der Waals surface area contributed by atoms with Gasteiger partial charge in [-0.2, -0.15) is 5.26 Å². The third kappa shape index (κ3) is 2.19. The maximum absolute atomic E-state index is 11.4. The van der Waals surface area contributed by atoms with Crippen LogP contribution < -0.4 is 0 Å². The Kier molecular flexibility index (Phi) is 3.80. The Labute approximate surface area is 127 Å². The summed E-state index contributed by atoms with van der Waals surface area (Å²) in [5.41, 5.74) is 0.665. The third-order valence-electron chi connectivity index (χ3n) is 5.93. The van der Waals surface area contributed by atoms with Crippen LogP contribution in [0.5, 0.6) is 0 Å². The van der Waals surface area contributed by atoms with E-state index < -0.39 is 11.0 Å². The van der Waals surface area contributed by atoms with E-state index >= 15 is 0 Å². The van der Waals surface area contributed by atoms with Crippen LogP contribution >= 0.6 is 0 Å². The Hall–Kier alpha value is -1.33. The smallest absolute Gasteiger partial charge is 0.111 e. The lowest BCUT2D eigenvalue weighted by molar-refractivity contribution is -0.0699.